The molecule has 16 heavy (non-hydrogen) atoms. The molecule has 0 fully saturated rings. The maximum atomic E-state index is 11.7. The fraction of sp³-hybridized carbons (Fsp3) is 0.273. The van der Waals surface area contributed by atoms with Crippen LogP contribution in [0.5, 0.6) is 0 Å². The predicted molar refractivity (Wildman–Crippen MR) is 63.1 cm³/mol. The largest absolute Gasteiger partial charge is 0.382 e. The number of hydrogen-bond donors (Lipinski definition) is 3. The molecule has 0 spiro atoms. The van der Waals surface area contributed by atoms with Gasteiger partial charge in [0.25, 0.3) is 0 Å². The van der Waals surface area contributed by atoms with Crippen LogP contribution in [0.15, 0.2) is 23.3 Å². The summed E-state index contributed by atoms with van der Waals surface area (Å²) in [4.78, 5) is 14.6. The van der Waals surface area contributed by atoms with Gasteiger partial charge in [0.15, 0.2) is 5.43 Å². The van der Waals surface area contributed by atoms with E-state index in [1.54, 1.807) is 12.4 Å². The van der Waals surface area contributed by atoms with Crippen molar-refractivity contribution in [3.05, 3.63) is 34.2 Å². The maximum Gasteiger partial charge on any atom is 0.190 e. The Balaban J connectivity index is 2.66. The maximum absolute atomic E-state index is 11.7. The molecule has 0 atom stereocenters. The second-order valence-electron chi connectivity index (χ2n) is 3.97. The minimum Gasteiger partial charge on any atom is -0.382 e. The van der Waals surface area contributed by atoms with Crippen LogP contribution >= 0.6 is 0 Å². The van der Waals surface area contributed by atoms with E-state index in [0.29, 0.717) is 17.1 Å². The molecule has 0 radical (unpaired) electrons. The molecule has 2 aromatic rings. The second-order valence-corrected chi connectivity index (χ2v) is 3.97. The van der Waals surface area contributed by atoms with E-state index in [0.717, 1.165) is 5.56 Å². The molecule has 0 aliphatic rings. The van der Waals surface area contributed by atoms with Gasteiger partial charge in [-0.05, 0) is 5.92 Å². The molecule has 2 heterocycles. The lowest BCUT2D eigenvalue weighted by Gasteiger charge is -2.06. The molecule has 0 amide bonds. The fourth-order valence-corrected chi connectivity index (χ4v) is 1.77. The number of H-pyrrole nitrogens is 2. The number of pyridine rings is 1. The molecule has 0 saturated carbocycles. The first-order valence-electron chi connectivity index (χ1n) is 5.12. The predicted octanol–water partition coefficient (Wildman–Crippen LogP) is 1.47. The average molecular weight is 218 g/mol. The first-order chi connectivity index (χ1) is 7.61. The Morgan fingerprint density at radius 3 is 2.81 bits per heavy atom. The summed E-state index contributed by atoms with van der Waals surface area (Å²) in [5.74, 6) is 0.668. The van der Waals surface area contributed by atoms with E-state index in [9.17, 15) is 4.79 Å². The lowest BCUT2D eigenvalue weighted by molar-refractivity contribution is 0.873. The van der Waals surface area contributed by atoms with Crippen LogP contribution in [0.2, 0.25) is 0 Å². The van der Waals surface area contributed by atoms with Gasteiger partial charge >= 0.3 is 0 Å². The fourth-order valence-electron chi connectivity index (χ4n) is 1.77. The third-order valence-corrected chi connectivity index (χ3v) is 2.50. The molecule has 2 aromatic heterocycles. The molecule has 0 saturated heterocycles. The van der Waals surface area contributed by atoms with E-state index < -0.39 is 0 Å². The molecule has 0 aromatic carbocycles. The van der Waals surface area contributed by atoms with E-state index in [1.807, 2.05) is 13.8 Å². The summed E-state index contributed by atoms with van der Waals surface area (Å²) < 4.78 is 0. The standard InChI is InChI=1S/C11H14N4O/c1-6(2)9-10(14-15-11(9)12)7-5-13-4-3-8(7)16/h3-6H,1-2H3,(H,13,16)(H3,12,14,15). The highest BCUT2D eigenvalue weighted by atomic mass is 16.1. The quantitative estimate of drug-likeness (QED) is 0.713. The first kappa shape index (κ1) is 10.5. The normalized spacial score (nSPS) is 10.9. The van der Waals surface area contributed by atoms with E-state index >= 15 is 0 Å². The molecule has 0 bridgehead atoms. The molecular weight excluding hydrogens is 204 g/mol. The molecule has 5 nitrogen and oxygen atoms in total. The third kappa shape index (κ3) is 1.60. The number of nitrogens with one attached hydrogen (secondary N) is 2. The van der Waals surface area contributed by atoms with Crippen molar-refractivity contribution in [3.8, 4) is 11.3 Å². The summed E-state index contributed by atoms with van der Waals surface area (Å²) in [6.45, 7) is 4.03. The molecule has 0 unspecified atom stereocenters. The monoisotopic (exact) mass is 218 g/mol. The summed E-state index contributed by atoms with van der Waals surface area (Å²) in [6.07, 6.45) is 3.25. The Labute approximate surface area is 92.7 Å². The number of nitrogen functional groups attached to an aromatic ring is 1. The van der Waals surface area contributed by atoms with Gasteiger partial charge in [0, 0.05) is 24.0 Å². The Morgan fingerprint density at radius 2 is 2.19 bits per heavy atom. The summed E-state index contributed by atoms with van der Waals surface area (Å²) in [6, 6.07) is 1.48. The average Bonchev–Trinajstić information content (AvgIpc) is 2.61. The SMILES string of the molecule is CC(C)c1c(N)n[nH]c1-c1c[nH]ccc1=O. The number of hydrogen-bond acceptors (Lipinski definition) is 3. The van der Waals surface area contributed by atoms with Gasteiger partial charge in [0.05, 0.1) is 11.3 Å². The number of aromatic amines is 2. The Bertz CT molecular complexity index is 553. The zero-order valence-electron chi connectivity index (χ0n) is 9.24. The van der Waals surface area contributed by atoms with Crippen LogP contribution in [-0.2, 0) is 0 Å². The van der Waals surface area contributed by atoms with Crippen molar-refractivity contribution in [2.75, 3.05) is 5.73 Å². The molecule has 84 valence electrons. The minimum absolute atomic E-state index is 0.0516. The van der Waals surface area contributed by atoms with Crippen molar-refractivity contribution in [2.24, 2.45) is 0 Å². The van der Waals surface area contributed by atoms with E-state index in [-0.39, 0.29) is 11.3 Å². The van der Waals surface area contributed by atoms with Crippen molar-refractivity contribution >= 4 is 5.82 Å². The second kappa shape index (κ2) is 3.84. The number of aromatic nitrogens is 3. The van der Waals surface area contributed by atoms with Crippen LogP contribution in [0.4, 0.5) is 5.82 Å². The van der Waals surface area contributed by atoms with E-state index in [2.05, 4.69) is 15.2 Å². The summed E-state index contributed by atoms with van der Waals surface area (Å²) >= 11 is 0. The van der Waals surface area contributed by atoms with Crippen molar-refractivity contribution in [1.82, 2.24) is 15.2 Å². The summed E-state index contributed by atoms with van der Waals surface area (Å²) in [5.41, 5.74) is 7.88. The van der Waals surface area contributed by atoms with Gasteiger partial charge in [-0.2, -0.15) is 5.10 Å². The molecule has 0 aliphatic carbocycles. The Kier molecular flexibility index (Phi) is 2.52. The van der Waals surface area contributed by atoms with Crippen molar-refractivity contribution in [1.29, 1.82) is 0 Å². The lowest BCUT2D eigenvalue weighted by atomic mass is 9.99. The van der Waals surface area contributed by atoms with Gasteiger partial charge in [-0.1, -0.05) is 13.8 Å². The van der Waals surface area contributed by atoms with Crippen molar-refractivity contribution in [3.63, 3.8) is 0 Å². The van der Waals surface area contributed by atoms with Crippen LogP contribution < -0.4 is 11.2 Å². The minimum atomic E-state index is -0.0516. The zero-order chi connectivity index (χ0) is 11.7. The highest BCUT2D eigenvalue weighted by Gasteiger charge is 2.17. The molecule has 5 heteroatoms. The van der Waals surface area contributed by atoms with Crippen LogP contribution in [0.1, 0.15) is 25.3 Å². The van der Waals surface area contributed by atoms with E-state index in [4.69, 9.17) is 5.73 Å². The van der Waals surface area contributed by atoms with Crippen LogP contribution in [-0.4, -0.2) is 15.2 Å². The number of nitrogens with zero attached hydrogens (tertiary/aromatic N) is 1. The molecule has 2 rings (SSSR count). The van der Waals surface area contributed by atoms with Crippen LogP contribution in [0, 0.1) is 0 Å². The summed E-state index contributed by atoms with van der Waals surface area (Å²) in [5, 5.41) is 6.77. The lowest BCUT2D eigenvalue weighted by Crippen LogP contribution is -2.05. The van der Waals surface area contributed by atoms with Gasteiger partial charge in [-0.15, -0.1) is 0 Å². The smallest absolute Gasteiger partial charge is 0.190 e. The highest BCUT2D eigenvalue weighted by molar-refractivity contribution is 5.67. The Morgan fingerprint density at radius 1 is 1.44 bits per heavy atom. The van der Waals surface area contributed by atoms with Gasteiger partial charge < -0.3 is 10.7 Å². The highest BCUT2D eigenvalue weighted by Crippen LogP contribution is 2.29. The van der Waals surface area contributed by atoms with Crippen molar-refractivity contribution < 1.29 is 0 Å². The first-order valence-corrected chi connectivity index (χ1v) is 5.12. The van der Waals surface area contributed by atoms with Crippen molar-refractivity contribution in [2.45, 2.75) is 19.8 Å². The van der Waals surface area contributed by atoms with Gasteiger partial charge in [0.1, 0.15) is 5.82 Å². The van der Waals surface area contributed by atoms with Gasteiger partial charge in [0.2, 0.25) is 0 Å². The topological polar surface area (TPSA) is 87.6 Å². The van der Waals surface area contributed by atoms with Gasteiger partial charge in [-0.3, -0.25) is 9.89 Å². The third-order valence-electron chi connectivity index (χ3n) is 2.50. The molecule has 0 aliphatic heterocycles. The number of rotatable bonds is 2. The molecule has 4 N–H and O–H groups in total. The number of nitrogens with two attached hydrogens (primary N) is 1. The van der Waals surface area contributed by atoms with Crippen LogP contribution in [0.25, 0.3) is 11.3 Å². The number of anilines is 1. The Hall–Kier alpha value is -2.04. The summed E-state index contributed by atoms with van der Waals surface area (Å²) in [7, 11) is 0. The molecular formula is C11H14N4O. The van der Waals surface area contributed by atoms with Gasteiger partial charge in [-0.25, -0.2) is 0 Å². The zero-order valence-corrected chi connectivity index (χ0v) is 9.24. The van der Waals surface area contributed by atoms with Crippen LogP contribution in [0.3, 0.4) is 0 Å². The van der Waals surface area contributed by atoms with E-state index in [1.165, 1.54) is 6.07 Å².